The predicted octanol–water partition coefficient (Wildman–Crippen LogP) is 5.17. The average Bonchev–Trinajstić information content (AvgIpc) is 2.59. The summed E-state index contributed by atoms with van der Waals surface area (Å²) in [6, 6.07) is 13.5. The lowest BCUT2D eigenvalue weighted by Gasteiger charge is -2.37. The van der Waals surface area contributed by atoms with Crippen LogP contribution in [0.5, 0.6) is 0 Å². The van der Waals surface area contributed by atoms with Gasteiger partial charge in [-0.05, 0) is 61.4 Å². The topological polar surface area (TPSA) is 32.3 Å². The van der Waals surface area contributed by atoms with Crippen molar-refractivity contribution in [3.05, 3.63) is 58.7 Å². The first-order valence-corrected chi connectivity index (χ1v) is 9.23. The fraction of sp³-hybridized carbons (Fsp3) is 0.409. The van der Waals surface area contributed by atoms with Gasteiger partial charge in [0.15, 0.2) is 0 Å². The van der Waals surface area contributed by atoms with Gasteiger partial charge in [0.05, 0.1) is 6.04 Å². The van der Waals surface area contributed by atoms with E-state index in [0.717, 1.165) is 36.1 Å². The van der Waals surface area contributed by atoms with Crippen molar-refractivity contribution in [3.8, 4) is 0 Å². The van der Waals surface area contributed by atoms with E-state index in [1.807, 2.05) is 6.92 Å². The van der Waals surface area contributed by atoms with Crippen molar-refractivity contribution in [2.45, 2.75) is 52.5 Å². The molecule has 3 heteroatoms. The number of amides is 1. The van der Waals surface area contributed by atoms with Gasteiger partial charge in [-0.15, -0.1) is 0 Å². The fourth-order valence-electron chi connectivity index (χ4n) is 3.93. The molecule has 0 saturated heterocycles. The zero-order chi connectivity index (χ0) is 18.0. The molecule has 3 nitrogen and oxygen atoms in total. The van der Waals surface area contributed by atoms with E-state index in [1.165, 1.54) is 16.8 Å². The molecule has 0 bridgehead atoms. The number of benzene rings is 2. The number of nitrogens with one attached hydrogen (secondary N) is 1. The summed E-state index contributed by atoms with van der Waals surface area (Å²) in [5.74, 6) is 0.102. The maximum atomic E-state index is 12.0. The quantitative estimate of drug-likeness (QED) is 0.836. The second kappa shape index (κ2) is 7.30. The van der Waals surface area contributed by atoms with Crippen LogP contribution in [0.3, 0.4) is 0 Å². The molecule has 1 atom stereocenters. The molecule has 0 aliphatic carbocycles. The van der Waals surface area contributed by atoms with Gasteiger partial charge < -0.3 is 10.2 Å². The number of hydrogen-bond donors (Lipinski definition) is 1. The monoisotopic (exact) mass is 336 g/mol. The highest BCUT2D eigenvalue weighted by Gasteiger charge is 2.25. The smallest absolute Gasteiger partial charge is 0.224 e. The largest absolute Gasteiger partial charge is 0.367 e. The van der Waals surface area contributed by atoms with E-state index in [4.69, 9.17) is 0 Å². The van der Waals surface area contributed by atoms with Crippen LogP contribution in [0.1, 0.15) is 54.5 Å². The van der Waals surface area contributed by atoms with Crippen LogP contribution in [-0.4, -0.2) is 13.0 Å². The van der Waals surface area contributed by atoms with E-state index in [0.29, 0.717) is 12.5 Å². The molecule has 1 heterocycles. The lowest BCUT2D eigenvalue weighted by atomic mass is 9.90. The summed E-state index contributed by atoms with van der Waals surface area (Å²) in [6.07, 6.45) is 3.67. The number of hydrogen-bond acceptors (Lipinski definition) is 2. The Labute approximate surface area is 151 Å². The molecule has 0 aromatic heterocycles. The molecule has 1 aliphatic rings. The average molecular weight is 336 g/mol. The standard InChI is InChI=1S/C22H28N2O/c1-5-8-21(25)23-22-15(2)13-18(14-16(22)3)20-12-11-17-9-6-7-10-19(17)24(20)4/h6-7,9-10,13-14,20H,5,8,11-12H2,1-4H3,(H,23,25). The third-order valence-corrected chi connectivity index (χ3v) is 5.21. The summed E-state index contributed by atoms with van der Waals surface area (Å²) in [5.41, 5.74) is 7.35. The van der Waals surface area contributed by atoms with Crippen LogP contribution < -0.4 is 10.2 Å². The number of carbonyl (C=O) groups excluding carboxylic acids is 1. The zero-order valence-electron chi connectivity index (χ0n) is 15.7. The third kappa shape index (κ3) is 3.55. The summed E-state index contributed by atoms with van der Waals surface area (Å²) in [4.78, 5) is 14.4. The van der Waals surface area contributed by atoms with Gasteiger partial charge in [0, 0.05) is 24.8 Å². The molecule has 2 aromatic carbocycles. The molecule has 0 saturated carbocycles. The third-order valence-electron chi connectivity index (χ3n) is 5.21. The van der Waals surface area contributed by atoms with Crippen LogP contribution in [0.4, 0.5) is 11.4 Å². The predicted molar refractivity (Wildman–Crippen MR) is 105 cm³/mol. The van der Waals surface area contributed by atoms with Gasteiger partial charge in [-0.2, -0.15) is 0 Å². The number of para-hydroxylation sites is 1. The molecule has 0 fully saturated rings. The molecule has 1 amide bonds. The maximum absolute atomic E-state index is 12.0. The van der Waals surface area contributed by atoms with Crippen LogP contribution in [0.25, 0.3) is 0 Å². The molecule has 1 unspecified atom stereocenters. The minimum atomic E-state index is 0.102. The summed E-state index contributed by atoms with van der Waals surface area (Å²) in [5, 5.41) is 3.08. The first-order valence-electron chi connectivity index (χ1n) is 9.23. The van der Waals surface area contributed by atoms with Crippen molar-refractivity contribution < 1.29 is 4.79 Å². The molecule has 1 N–H and O–H groups in total. The molecule has 1 aliphatic heterocycles. The summed E-state index contributed by atoms with van der Waals surface area (Å²) < 4.78 is 0. The van der Waals surface area contributed by atoms with E-state index in [-0.39, 0.29) is 5.91 Å². The van der Waals surface area contributed by atoms with Gasteiger partial charge in [-0.3, -0.25) is 4.79 Å². The number of nitrogens with zero attached hydrogens (tertiary/aromatic N) is 1. The van der Waals surface area contributed by atoms with Crippen molar-refractivity contribution in [1.29, 1.82) is 0 Å². The Morgan fingerprint density at radius 2 is 1.88 bits per heavy atom. The number of rotatable bonds is 4. The van der Waals surface area contributed by atoms with Crippen molar-refractivity contribution in [2.75, 3.05) is 17.3 Å². The van der Waals surface area contributed by atoms with Crippen LogP contribution in [0.15, 0.2) is 36.4 Å². The lowest BCUT2D eigenvalue weighted by Crippen LogP contribution is -2.29. The number of anilines is 2. The Morgan fingerprint density at radius 3 is 2.56 bits per heavy atom. The summed E-state index contributed by atoms with van der Waals surface area (Å²) in [7, 11) is 2.18. The van der Waals surface area contributed by atoms with Gasteiger partial charge in [0.1, 0.15) is 0 Å². The van der Waals surface area contributed by atoms with Gasteiger partial charge in [-0.1, -0.05) is 37.3 Å². The van der Waals surface area contributed by atoms with Crippen molar-refractivity contribution >= 4 is 17.3 Å². The number of carbonyl (C=O) groups is 1. The highest BCUT2D eigenvalue weighted by molar-refractivity contribution is 5.92. The molecule has 3 rings (SSSR count). The molecule has 132 valence electrons. The Kier molecular flexibility index (Phi) is 5.12. The van der Waals surface area contributed by atoms with Gasteiger partial charge >= 0.3 is 0 Å². The summed E-state index contributed by atoms with van der Waals surface area (Å²) >= 11 is 0. The first-order chi connectivity index (χ1) is 12.0. The highest BCUT2D eigenvalue weighted by Crippen LogP contribution is 2.38. The second-order valence-electron chi connectivity index (χ2n) is 7.12. The SMILES string of the molecule is CCCC(=O)Nc1c(C)cc(C2CCc3ccccc3N2C)cc1C. The Hall–Kier alpha value is -2.29. The van der Waals surface area contributed by atoms with Gasteiger partial charge in [-0.25, -0.2) is 0 Å². The Morgan fingerprint density at radius 1 is 1.20 bits per heavy atom. The van der Waals surface area contributed by atoms with Crippen molar-refractivity contribution in [3.63, 3.8) is 0 Å². The van der Waals surface area contributed by atoms with Gasteiger partial charge in [0.2, 0.25) is 5.91 Å². The van der Waals surface area contributed by atoms with Crippen LogP contribution in [0, 0.1) is 13.8 Å². The van der Waals surface area contributed by atoms with Crippen LogP contribution in [0.2, 0.25) is 0 Å². The summed E-state index contributed by atoms with van der Waals surface area (Å²) in [6.45, 7) is 6.21. The molecule has 25 heavy (non-hydrogen) atoms. The van der Waals surface area contributed by atoms with Gasteiger partial charge in [0.25, 0.3) is 0 Å². The molecule has 2 aromatic rings. The highest BCUT2D eigenvalue weighted by atomic mass is 16.1. The van der Waals surface area contributed by atoms with Crippen molar-refractivity contribution in [2.24, 2.45) is 0 Å². The molecular weight excluding hydrogens is 308 g/mol. The minimum Gasteiger partial charge on any atom is -0.367 e. The van der Waals surface area contributed by atoms with Crippen LogP contribution >= 0.6 is 0 Å². The number of fused-ring (bicyclic) bond motifs is 1. The van der Waals surface area contributed by atoms with E-state index >= 15 is 0 Å². The number of aryl methyl sites for hydroxylation is 3. The second-order valence-corrected chi connectivity index (χ2v) is 7.12. The van der Waals surface area contributed by atoms with E-state index < -0.39 is 0 Å². The fourth-order valence-corrected chi connectivity index (χ4v) is 3.93. The lowest BCUT2D eigenvalue weighted by molar-refractivity contribution is -0.116. The van der Waals surface area contributed by atoms with Crippen molar-refractivity contribution in [1.82, 2.24) is 0 Å². The van der Waals surface area contributed by atoms with E-state index in [1.54, 1.807) is 0 Å². The Bertz CT molecular complexity index is 758. The molecule has 0 radical (unpaired) electrons. The Balaban J connectivity index is 1.88. The maximum Gasteiger partial charge on any atom is 0.224 e. The zero-order valence-corrected chi connectivity index (χ0v) is 15.7. The minimum absolute atomic E-state index is 0.102. The molecule has 0 spiro atoms. The van der Waals surface area contributed by atoms with E-state index in [2.05, 4.69) is 67.5 Å². The van der Waals surface area contributed by atoms with Crippen LogP contribution in [-0.2, 0) is 11.2 Å². The normalized spacial score (nSPS) is 16.5. The van der Waals surface area contributed by atoms with E-state index in [9.17, 15) is 4.79 Å². The molecular formula is C22H28N2O. The first kappa shape index (κ1) is 17.5.